The minimum absolute atomic E-state index is 0.293. The summed E-state index contributed by atoms with van der Waals surface area (Å²) >= 11 is 7.56. The molecule has 0 radical (unpaired) electrons. The molecule has 4 heteroatoms. The number of nitrogens with two attached hydrogens (primary N) is 1. The Balaban J connectivity index is 1.90. The molecule has 0 heterocycles. The van der Waals surface area contributed by atoms with Crippen molar-refractivity contribution in [1.29, 1.82) is 0 Å². The number of rotatable bonds is 4. The molecule has 2 aromatic carbocycles. The molecular weight excluding hydrogens is 269 g/mol. The van der Waals surface area contributed by atoms with Crippen molar-refractivity contribution in [2.45, 2.75) is 11.5 Å². The third kappa shape index (κ3) is 3.65. The summed E-state index contributed by atoms with van der Waals surface area (Å²) in [5.74, 6) is 1.36. The smallest absolute Gasteiger partial charge is 0.125 e. The Labute approximate surface area is 115 Å². The van der Waals surface area contributed by atoms with E-state index in [0.29, 0.717) is 5.69 Å². The molecule has 0 unspecified atom stereocenters. The van der Waals surface area contributed by atoms with E-state index in [1.807, 2.05) is 24.3 Å². The van der Waals surface area contributed by atoms with E-state index in [2.05, 4.69) is 0 Å². The molecule has 0 spiro atoms. The van der Waals surface area contributed by atoms with E-state index in [1.165, 1.54) is 17.7 Å². The second-order valence-electron chi connectivity index (χ2n) is 3.96. The van der Waals surface area contributed by atoms with Crippen LogP contribution in [0.15, 0.2) is 42.5 Å². The predicted octanol–water partition coefficient (Wildman–Crippen LogP) is 4.49. The predicted molar refractivity (Wildman–Crippen MR) is 77.3 cm³/mol. The molecule has 0 aliphatic carbocycles. The van der Waals surface area contributed by atoms with Crippen molar-refractivity contribution in [3.8, 4) is 0 Å². The van der Waals surface area contributed by atoms with Gasteiger partial charge in [0, 0.05) is 22.2 Å². The average molecular weight is 282 g/mol. The first-order chi connectivity index (χ1) is 8.65. The van der Waals surface area contributed by atoms with Crippen molar-refractivity contribution in [2.24, 2.45) is 0 Å². The molecule has 0 atom stereocenters. The maximum Gasteiger partial charge on any atom is 0.125 e. The van der Waals surface area contributed by atoms with E-state index in [9.17, 15) is 4.39 Å². The Kier molecular flexibility index (Phi) is 4.50. The zero-order valence-corrected chi connectivity index (χ0v) is 11.3. The van der Waals surface area contributed by atoms with Crippen LogP contribution in [-0.4, -0.2) is 0 Å². The largest absolute Gasteiger partial charge is 0.398 e. The molecule has 0 aromatic heterocycles. The number of hydrogen-bond donors (Lipinski definition) is 1. The van der Waals surface area contributed by atoms with Gasteiger partial charge in [-0.1, -0.05) is 29.8 Å². The summed E-state index contributed by atoms with van der Waals surface area (Å²) in [4.78, 5) is 0. The third-order valence-electron chi connectivity index (χ3n) is 2.55. The zero-order valence-electron chi connectivity index (χ0n) is 9.70. The molecule has 0 aliphatic rings. The van der Waals surface area contributed by atoms with Crippen molar-refractivity contribution in [2.75, 3.05) is 5.73 Å². The molecule has 0 fully saturated rings. The average Bonchev–Trinajstić information content (AvgIpc) is 2.34. The molecule has 2 rings (SSSR count). The van der Waals surface area contributed by atoms with Crippen LogP contribution in [0.4, 0.5) is 10.1 Å². The summed E-state index contributed by atoms with van der Waals surface area (Å²) in [5.41, 5.74) is 8.44. The van der Waals surface area contributed by atoms with Crippen molar-refractivity contribution in [3.05, 3.63) is 64.4 Å². The van der Waals surface area contributed by atoms with Crippen LogP contribution in [0.2, 0.25) is 5.02 Å². The Morgan fingerprint density at radius 3 is 2.44 bits per heavy atom. The van der Waals surface area contributed by atoms with Crippen molar-refractivity contribution < 1.29 is 4.39 Å². The number of benzene rings is 2. The van der Waals surface area contributed by atoms with E-state index in [0.717, 1.165) is 22.1 Å². The number of anilines is 1. The Morgan fingerprint density at radius 2 is 1.78 bits per heavy atom. The fourth-order valence-corrected chi connectivity index (χ4v) is 2.70. The standard InChI is InChI=1S/C14H13ClFNS/c15-12-4-1-10(2-5-12)8-18-9-11-3-6-13(16)7-14(11)17/h1-7H,8-9,17H2. The third-order valence-corrected chi connectivity index (χ3v) is 3.85. The normalized spacial score (nSPS) is 10.6. The molecule has 0 saturated heterocycles. The molecule has 1 nitrogen and oxygen atoms in total. The van der Waals surface area contributed by atoms with E-state index in [4.69, 9.17) is 17.3 Å². The van der Waals surface area contributed by atoms with Crippen LogP contribution >= 0.6 is 23.4 Å². The minimum Gasteiger partial charge on any atom is -0.398 e. The van der Waals surface area contributed by atoms with Crippen molar-refractivity contribution in [3.63, 3.8) is 0 Å². The van der Waals surface area contributed by atoms with E-state index < -0.39 is 0 Å². The molecule has 0 amide bonds. The summed E-state index contributed by atoms with van der Waals surface area (Å²) < 4.78 is 12.9. The highest BCUT2D eigenvalue weighted by molar-refractivity contribution is 7.97. The van der Waals surface area contributed by atoms with Gasteiger partial charge in [0.1, 0.15) is 5.82 Å². The van der Waals surface area contributed by atoms with Gasteiger partial charge in [0.25, 0.3) is 0 Å². The minimum atomic E-state index is -0.293. The highest BCUT2D eigenvalue weighted by atomic mass is 35.5. The lowest BCUT2D eigenvalue weighted by atomic mass is 10.2. The quantitative estimate of drug-likeness (QED) is 0.836. The number of nitrogen functional groups attached to an aromatic ring is 1. The zero-order chi connectivity index (χ0) is 13.0. The molecular formula is C14H13ClFNS. The number of halogens is 2. The lowest BCUT2D eigenvalue weighted by Gasteiger charge is -2.06. The van der Waals surface area contributed by atoms with Gasteiger partial charge >= 0.3 is 0 Å². The molecule has 94 valence electrons. The summed E-state index contributed by atoms with van der Waals surface area (Å²) in [5, 5.41) is 0.742. The Bertz CT molecular complexity index is 528. The molecule has 2 aromatic rings. The van der Waals surface area contributed by atoms with Gasteiger partial charge in [0.05, 0.1) is 0 Å². The highest BCUT2D eigenvalue weighted by Crippen LogP contribution is 2.23. The fourth-order valence-electron chi connectivity index (χ4n) is 1.56. The maximum atomic E-state index is 12.9. The Hall–Kier alpha value is -1.19. The van der Waals surface area contributed by atoms with Crippen LogP contribution in [0.25, 0.3) is 0 Å². The number of hydrogen-bond acceptors (Lipinski definition) is 2. The van der Waals surface area contributed by atoms with E-state index in [1.54, 1.807) is 17.8 Å². The summed E-state index contributed by atoms with van der Waals surface area (Å²) in [6.45, 7) is 0. The lowest BCUT2D eigenvalue weighted by Crippen LogP contribution is -1.94. The van der Waals surface area contributed by atoms with Crippen LogP contribution in [0.5, 0.6) is 0 Å². The first-order valence-corrected chi connectivity index (χ1v) is 7.04. The van der Waals surface area contributed by atoms with Crippen LogP contribution in [0.3, 0.4) is 0 Å². The van der Waals surface area contributed by atoms with Gasteiger partial charge in [0.15, 0.2) is 0 Å². The second kappa shape index (κ2) is 6.12. The van der Waals surface area contributed by atoms with E-state index in [-0.39, 0.29) is 5.82 Å². The van der Waals surface area contributed by atoms with Crippen molar-refractivity contribution >= 4 is 29.1 Å². The van der Waals surface area contributed by atoms with Gasteiger partial charge in [0.2, 0.25) is 0 Å². The number of thioether (sulfide) groups is 1. The first-order valence-electron chi connectivity index (χ1n) is 5.51. The summed E-state index contributed by atoms with van der Waals surface area (Å²) in [6.07, 6.45) is 0. The van der Waals surface area contributed by atoms with Gasteiger partial charge < -0.3 is 5.73 Å². The highest BCUT2D eigenvalue weighted by Gasteiger charge is 2.01. The van der Waals surface area contributed by atoms with Gasteiger partial charge in [-0.2, -0.15) is 11.8 Å². The molecule has 0 bridgehead atoms. The summed E-state index contributed by atoms with van der Waals surface area (Å²) in [7, 11) is 0. The molecule has 2 N–H and O–H groups in total. The lowest BCUT2D eigenvalue weighted by molar-refractivity contribution is 0.628. The van der Waals surface area contributed by atoms with Crippen molar-refractivity contribution in [1.82, 2.24) is 0 Å². The van der Waals surface area contributed by atoms with Crippen LogP contribution < -0.4 is 5.73 Å². The molecule has 18 heavy (non-hydrogen) atoms. The van der Waals surface area contributed by atoms with Crippen LogP contribution in [-0.2, 0) is 11.5 Å². The fraction of sp³-hybridized carbons (Fsp3) is 0.143. The van der Waals surface area contributed by atoms with Gasteiger partial charge in [-0.05, 0) is 35.4 Å². The van der Waals surface area contributed by atoms with Gasteiger partial charge in [-0.15, -0.1) is 0 Å². The topological polar surface area (TPSA) is 26.0 Å². The summed E-state index contributed by atoms with van der Waals surface area (Å²) in [6, 6.07) is 12.3. The molecule has 0 saturated carbocycles. The monoisotopic (exact) mass is 281 g/mol. The van der Waals surface area contributed by atoms with Gasteiger partial charge in [-0.3, -0.25) is 0 Å². The Morgan fingerprint density at radius 1 is 1.06 bits per heavy atom. The van der Waals surface area contributed by atoms with Crippen LogP contribution in [0, 0.1) is 5.82 Å². The molecule has 0 aliphatic heterocycles. The van der Waals surface area contributed by atoms with Crippen LogP contribution in [0.1, 0.15) is 11.1 Å². The SMILES string of the molecule is Nc1cc(F)ccc1CSCc1ccc(Cl)cc1. The second-order valence-corrected chi connectivity index (χ2v) is 5.38. The van der Waals surface area contributed by atoms with Gasteiger partial charge in [-0.25, -0.2) is 4.39 Å². The van der Waals surface area contributed by atoms with E-state index >= 15 is 0 Å². The maximum absolute atomic E-state index is 12.9. The first kappa shape index (κ1) is 13.2.